The molecule has 1 saturated heterocycles. The summed E-state index contributed by atoms with van der Waals surface area (Å²) in [6.45, 7) is 0. The number of hydrogen-bond acceptors (Lipinski definition) is 5. The third-order valence-corrected chi connectivity index (χ3v) is 6.23. The minimum atomic E-state index is -5.71. The Morgan fingerprint density at radius 1 is 0.815 bits per heavy atom. The molecule has 0 N–H and O–H groups in total. The van der Waals surface area contributed by atoms with Crippen molar-refractivity contribution in [1.29, 1.82) is 0 Å². The molecule has 4 unspecified atom stereocenters. The molecule has 0 spiro atoms. The van der Waals surface area contributed by atoms with Crippen LogP contribution in [0.2, 0.25) is 0 Å². The summed E-state index contributed by atoms with van der Waals surface area (Å²) in [5.41, 5.74) is 0. The number of hydroxylamine groups is 2. The van der Waals surface area contributed by atoms with Crippen molar-refractivity contribution >= 4 is 21.9 Å². The number of carbonyl (C=O) groups is 2. The van der Waals surface area contributed by atoms with E-state index in [1.807, 2.05) is 0 Å². The highest BCUT2D eigenvalue weighted by atomic mass is 32.2. The molecular formula is C15H8F5NO5S. The van der Waals surface area contributed by atoms with Crippen molar-refractivity contribution in [3.63, 3.8) is 0 Å². The van der Waals surface area contributed by atoms with E-state index in [1.54, 1.807) is 12.2 Å². The third kappa shape index (κ3) is 2.29. The van der Waals surface area contributed by atoms with Crippen molar-refractivity contribution in [3.05, 3.63) is 41.2 Å². The number of rotatable bonds is 3. The maximum atomic E-state index is 13.8. The van der Waals surface area contributed by atoms with Crippen molar-refractivity contribution in [1.82, 2.24) is 5.06 Å². The van der Waals surface area contributed by atoms with Gasteiger partial charge in [0.1, 0.15) is 0 Å². The number of amides is 2. The Bertz CT molecular complexity index is 981. The van der Waals surface area contributed by atoms with Gasteiger partial charge in [0.2, 0.25) is 5.82 Å². The minimum Gasteiger partial charge on any atom is -0.272 e. The molecule has 2 fully saturated rings. The fraction of sp³-hybridized carbons (Fsp3) is 0.333. The molecule has 4 atom stereocenters. The van der Waals surface area contributed by atoms with Crippen LogP contribution < -0.4 is 0 Å². The molecule has 1 saturated carbocycles. The summed E-state index contributed by atoms with van der Waals surface area (Å²) < 4.78 is 95.6. The van der Waals surface area contributed by atoms with Gasteiger partial charge in [-0.2, -0.15) is 8.42 Å². The van der Waals surface area contributed by atoms with Gasteiger partial charge in [-0.15, -0.1) is 9.35 Å². The van der Waals surface area contributed by atoms with Crippen LogP contribution in [0, 0.1) is 52.8 Å². The Labute approximate surface area is 148 Å². The van der Waals surface area contributed by atoms with Crippen LogP contribution in [0.15, 0.2) is 17.0 Å². The first kappa shape index (κ1) is 18.0. The third-order valence-electron chi connectivity index (χ3n) is 5.02. The number of imide groups is 1. The van der Waals surface area contributed by atoms with Crippen LogP contribution in [0.3, 0.4) is 0 Å². The Hall–Kier alpha value is -2.34. The van der Waals surface area contributed by atoms with Crippen LogP contribution in [0.5, 0.6) is 0 Å². The highest BCUT2D eigenvalue weighted by molar-refractivity contribution is 7.86. The van der Waals surface area contributed by atoms with Crippen LogP contribution in [-0.2, 0) is 24.0 Å². The molecule has 2 bridgehead atoms. The molecule has 6 nitrogen and oxygen atoms in total. The number of carbonyl (C=O) groups excluding carboxylic acids is 2. The fourth-order valence-corrected chi connectivity index (χ4v) is 4.92. The number of fused-ring (bicyclic) bond motifs is 5. The second-order valence-corrected chi connectivity index (χ2v) is 7.86. The monoisotopic (exact) mass is 409 g/mol. The lowest BCUT2D eigenvalue weighted by molar-refractivity contribution is -0.166. The van der Waals surface area contributed by atoms with Crippen LogP contribution in [0.4, 0.5) is 22.0 Å². The summed E-state index contributed by atoms with van der Waals surface area (Å²) in [5.74, 6) is -17.4. The van der Waals surface area contributed by atoms with Gasteiger partial charge < -0.3 is 0 Å². The molecule has 3 aliphatic rings. The van der Waals surface area contributed by atoms with Crippen molar-refractivity contribution in [3.8, 4) is 0 Å². The Morgan fingerprint density at radius 2 is 1.22 bits per heavy atom. The molecule has 2 aliphatic carbocycles. The van der Waals surface area contributed by atoms with E-state index in [2.05, 4.69) is 4.28 Å². The van der Waals surface area contributed by atoms with Crippen molar-refractivity contribution < 1.29 is 44.2 Å². The maximum Gasteiger partial charge on any atom is 0.324 e. The van der Waals surface area contributed by atoms with Gasteiger partial charge in [-0.1, -0.05) is 12.2 Å². The quantitative estimate of drug-likeness (QED) is 0.250. The van der Waals surface area contributed by atoms with Gasteiger partial charge in [-0.05, 0) is 18.3 Å². The normalized spacial score (nSPS) is 29.1. The molecule has 12 heteroatoms. The molecule has 1 heterocycles. The van der Waals surface area contributed by atoms with E-state index in [0.29, 0.717) is 6.42 Å². The van der Waals surface area contributed by atoms with E-state index < -0.39 is 67.7 Å². The van der Waals surface area contributed by atoms with Crippen LogP contribution in [0.25, 0.3) is 0 Å². The van der Waals surface area contributed by atoms with E-state index in [4.69, 9.17) is 0 Å². The van der Waals surface area contributed by atoms with Gasteiger partial charge in [-0.3, -0.25) is 9.59 Å². The fourth-order valence-electron chi connectivity index (χ4n) is 3.89. The second-order valence-electron chi connectivity index (χ2n) is 6.40. The zero-order chi connectivity index (χ0) is 19.8. The van der Waals surface area contributed by atoms with Gasteiger partial charge in [0.05, 0.1) is 11.8 Å². The van der Waals surface area contributed by atoms with E-state index in [0.717, 1.165) is 0 Å². The van der Waals surface area contributed by atoms with Crippen LogP contribution >= 0.6 is 0 Å². The van der Waals surface area contributed by atoms with E-state index >= 15 is 0 Å². The lowest BCUT2D eigenvalue weighted by Crippen LogP contribution is -2.36. The zero-order valence-electron chi connectivity index (χ0n) is 13.0. The number of nitrogens with zero attached hydrogens (tertiary/aromatic N) is 1. The number of hydrogen-bond donors (Lipinski definition) is 0. The standard InChI is InChI=1S/C15H8F5NO5S/c16-8-9(17)11(19)13(12(20)10(8)18)27(24,25)26-21-14(22)6-4-1-2-5(3-4)7(6)15(21)23/h1-2,4-7H,3H2. The van der Waals surface area contributed by atoms with Crippen molar-refractivity contribution in [2.75, 3.05) is 0 Å². The van der Waals surface area contributed by atoms with E-state index in [9.17, 15) is 40.0 Å². The van der Waals surface area contributed by atoms with Gasteiger partial charge in [0.25, 0.3) is 11.8 Å². The topological polar surface area (TPSA) is 80.8 Å². The van der Waals surface area contributed by atoms with Crippen molar-refractivity contribution in [2.45, 2.75) is 11.3 Å². The molecule has 1 aromatic rings. The largest absolute Gasteiger partial charge is 0.324 e. The van der Waals surface area contributed by atoms with Gasteiger partial charge >= 0.3 is 10.1 Å². The summed E-state index contributed by atoms with van der Waals surface area (Å²) in [7, 11) is -5.71. The first-order valence-electron chi connectivity index (χ1n) is 7.58. The molecule has 4 rings (SSSR count). The van der Waals surface area contributed by atoms with E-state index in [-0.39, 0.29) is 16.9 Å². The highest BCUT2D eigenvalue weighted by Crippen LogP contribution is 2.52. The summed E-state index contributed by atoms with van der Waals surface area (Å²) in [5, 5.41) is -0.172. The predicted octanol–water partition coefficient (Wildman–Crippen LogP) is 1.81. The number of benzene rings is 1. The first-order valence-corrected chi connectivity index (χ1v) is 8.99. The summed E-state index contributed by atoms with van der Waals surface area (Å²) in [6.07, 6.45) is 3.91. The molecule has 0 aromatic heterocycles. The summed E-state index contributed by atoms with van der Waals surface area (Å²) >= 11 is 0. The van der Waals surface area contributed by atoms with Crippen LogP contribution in [-0.4, -0.2) is 25.3 Å². The van der Waals surface area contributed by atoms with E-state index in [1.165, 1.54) is 0 Å². The lowest BCUT2D eigenvalue weighted by Gasteiger charge is -2.16. The van der Waals surface area contributed by atoms with Gasteiger partial charge in [-0.25, -0.2) is 22.0 Å². The Morgan fingerprint density at radius 3 is 1.67 bits per heavy atom. The highest BCUT2D eigenvalue weighted by Gasteiger charge is 2.61. The molecule has 2 amide bonds. The summed E-state index contributed by atoms with van der Waals surface area (Å²) in [4.78, 5) is 22.4. The summed E-state index contributed by atoms with van der Waals surface area (Å²) in [6, 6.07) is 0. The van der Waals surface area contributed by atoms with Crippen LogP contribution in [0.1, 0.15) is 6.42 Å². The van der Waals surface area contributed by atoms with Crippen molar-refractivity contribution in [2.24, 2.45) is 23.7 Å². The lowest BCUT2D eigenvalue weighted by atomic mass is 9.85. The molecular weight excluding hydrogens is 401 g/mol. The second kappa shape index (κ2) is 5.58. The Balaban J connectivity index is 1.72. The number of allylic oxidation sites excluding steroid dienone is 2. The average Bonchev–Trinajstić information content (AvgIpc) is 3.28. The zero-order valence-corrected chi connectivity index (χ0v) is 13.8. The molecule has 0 radical (unpaired) electrons. The molecule has 144 valence electrons. The SMILES string of the molecule is O=C1C2C3C=CC(C3)C2C(=O)N1OS(=O)(=O)c1c(F)c(F)c(F)c(F)c1F. The first-order chi connectivity index (χ1) is 12.6. The minimum absolute atomic E-state index is 0.172. The maximum absolute atomic E-state index is 13.8. The van der Waals surface area contributed by atoms with Gasteiger partial charge in [0, 0.05) is 0 Å². The predicted molar refractivity (Wildman–Crippen MR) is 74.1 cm³/mol. The number of halogens is 5. The van der Waals surface area contributed by atoms with Gasteiger partial charge in [0.15, 0.2) is 28.2 Å². The average molecular weight is 409 g/mol. The molecule has 1 aromatic carbocycles. The molecule has 27 heavy (non-hydrogen) atoms. The smallest absolute Gasteiger partial charge is 0.272 e. The Kier molecular flexibility index (Phi) is 3.73. The molecule has 1 aliphatic heterocycles.